The highest BCUT2D eigenvalue weighted by Gasteiger charge is 2.21. The van der Waals surface area contributed by atoms with Crippen LogP contribution in [0.3, 0.4) is 0 Å². The van der Waals surface area contributed by atoms with E-state index in [1.807, 2.05) is 24.3 Å². The molecule has 0 aliphatic heterocycles. The van der Waals surface area contributed by atoms with Crippen molar-refractivity contribution < 1.29 is 4.42 Å². The van der Waals surface area contributed by atoms with E-state index in [0.29, 0.717) is 5.02 Å². The lowest BCUT2D eigenvalue weighted by Gasteiger charge is -2.16. The summed E-state index contributed by atoms with van der Waals surface area (Å²) in [6.45, 7) is 0. The van der Waals surface area contributed by atoms with E-state index in [0.717, 1.165) is 19.4 Å². The molecule has 3 N–H and O–H groups in total. The fourth-order valence-electron chi connectivity index (χ4n) is 1.55. The number of hydrogen-bond acceptors (Lipinski definition) is 3. The summed E-state index contributed by atoms with van der Waals surface area (Å²) < 4.78 is 7.37. The quantitative estimate of drug-likeness (QED) is 0.445. The Morgan fingerprint density at radius 2 is 2.18 bits per heavy atom. The molecule has 0 radical (unpaired) electrons. The molecular weight excluding hydrogens is 418 g/mol. The van der Waals surface area contributed by atoms with E-state index >= 15 is 0 Å². The van der Waals surface area contributed by atoms with Crippen LogP contribution < -0.4 is 11.3 Å². The predicted molar refractivity (Wildman–Crippen MR) is 79.7 cm³/mol. The van der Waals surface area contributed by atoms with E-state index in [2.05, 4.69) is 43.9 Å². The van der Waals surface area contributed by atoms with Gasteiger partial charge in [0.25, 0.3) is 0 Å². The molecule has 0 saturated heterocycles. The zero-order chi connectivity index (χ0) is 12.4. The summed E-state index contributed by atoms with van der Waals surface area (Å²) in [5, 5.41) is 0.670. The number of hydrogen-bond donors (Lipinski definition) is 2. The summed E-state index contributed by atoms with van der Waals surface area (Å²) in [7, 11) is 0. The zero-order valence-corrected chi connectivity index (χ0v) is 13.1. The molecule has 6 heteroatoms. The van der Waals surface area contributed by atoms with Crippen molar-refractivity contribution in [2.45, 2.75) is 6.04 Å². The highest BCUT2D eigenvalue weighted by Crippen LogP contribution is 2.32. The summed E-state index contributed by atoms with van der Waals surface area (Å²) >= 11 is 11.7. The second kappa shape index (κ2) is 5.71. The van der Waals surface area contributed by atoms with Gasteiger partial charge in [-0.2, -0.15) is 0 Å². The highest BCUT2D eigenvalue weighted by atomic mass is 127. The molecule has 1 unspecified atom stereocenters. The first-order valence-corrected chi connectivity index (χ1v) is 7.02. The lowest BCUT2D eigenvalue weighted by Crippen LogP contribution is -2.29. The maximum absolute atomic E-state index is 6.00. The molecule has 2 aromatic rings. The molecule has 1 atom stereocenters. The molecule has 0 bridgehead atoms. The van der Waals surface area contributed by atoms with Crippen LogP contribution in [0.1, 0.15) is 17.4 Å². The summed E-state index contributed by atoms with van der Waals surface area (Å²) in [4.78, 5) is 0. The largest absolute Gasteiger partial charge is 0.466 e. The van der Waals surface area contributed by atoms with Gasteiger partial charge in [0.05, 0.1) is 10.7 Å². The van der Waals surface area contributed by atoms with Crippen LogP contribution >= 0.6 is 50.1 Å². The molecule has 17 heavy (non-hydrogen) atoms. The first kappa shape index (κ1) is 13.4. The smallest absolute Gasteiger partial charge is 0.140 e. The number of rotatable bonds is 3. The van der Waals surface area contributed by atoms with Crippen LogP contribution in [0.5, 0.6) is 0 Å². The summed E-state index contributed by atoms with van der Waals surface area (Å²) in [5.41, 5.74) is 3.73. The zero-order valence-electron chi connectivity index (χ0n) is 8.58. The van der Waals surface area contributed by atoms with E-state index in [4.69, 9.17) is 21.9 Å². The van der Waals surface area contributed by atoms with Crippen molar-refractivity contribution in [3.05, 3.63) is 54.9 Å². The van der Waals surface area contributed by atoms with Crippen molar-refractivity contribution in [1.82, 2.24) is 5.43 Å². The normalized spacial score (nSPS) is 12.7. The topological polar surface area (TPSA) is 51.2 Å². The molecule has 1 heterocycles. The van der Waals surface area contributed by atoms with Crippen LogP contribution in [0.25, 0.3) is 0 Å². The number of nitrogens with one attached hydrogen (secondary N) is 1. The van der Waals surface area contributed by atoms with Crippen molar-refractivity contribution in [2.24, 2.45) is 5.84 Å². The molecule has 0 fully saturated rings. The Morgan fingerprint density at radius 3 is 2.76 bits per heavy atom. The first-order chi connectivity index (χ1) is 8.13. The minimum atomic E-state index is -0.232. The van der Waals surface area contributed by atoms with Gasteiger partial charge < -0.3 is 4.42 Å². The Morgan fingerprint density at radius 1 is 1.41 bits per heavy atom. The molecule has 0 amide bonds. The summed E-state index contributed by atoms with van der Waals surface area (Å²) in [6.07, 6.45) is 1.61. The third-order valence-corrected chi connectivity index (χ3v) is 4.22. The van der Waals surface area contributed by atoms with Crippen LogP contribution in [-0.4, -0.2) is 0 Å². The Labute approximate surface area is 126 Å². The minimum Gasteiger partial charge on any atom is -0.466 e. The van der Waals surface area contributed by atoms with Gasteiger partial charge in [-0.1, -0.05) is 11.6 Å². The van der Waals surface area contributed by atoms with Gasteiger partial charge in [0.1, 0.15) is 11.8 Å². The van der Waals surface area contributed by atoms with Crippen molar-refractivity contribution >= 4 is 50.1 Å². The van der Waals surface area contributed by atoms with Crippen molar-refractivity contribution in [3.8, 4) is 0 Å². The second-order valence-electron chi connectivity index (χ2n) is 3.40. The number of benzene rings is 1. The molecule has 0 aliphatic rings. The monoisotopic (exact) mass is 426 g/mol. The Bertz CT molecular complexity index is 532. The summed E-state index contributed by atoms with van der Waals surface area (Å²) in [6, 6.07) is 7.27. The molecule has 90 valence electrons. The van der Waals surface area contributed by atoms with Crippen molar-refractivity contribution in [3.63, 3.8) is 0 Å². The molecule has 0 saturated carbocycles. The van der Waals surface area contributed by atoms with E-state index in [9.17, 15) is 0 Å². The Hall–Kier alpha value is -0.0800. The molecular formula is C11H9BrClIN2O. The minimum absolute atomic E-state index is 0.232. The van der Waals surface area contributed by atoms with Gasteiger partial charge in [0, 0.05) is 8.59 Å². The third-order valence-electron chi connectivity index (χ3n) is 2.34. The molecule has 1 aromatic carbocycles. The first-order valence-electron chi connectivity index (χ1n) is 4.77. The van der Waals surface area contributed by atoms with Crippen LogP contribution in [0, 0.1) is 3.57 Å². The lowest BCUT2D eigenvalue weighted by molar-refractivity contribution is 0.449. The van der Waals surface area contributed by atoms with E-state index < -0.39 is 0 Å². The van der Waals surface area contributed by atoms with Gasteiger partial charge in [0.15, 0.2) is 0 Å². The Balaban J connectivity index is 2.49. The molecule has 0 spiro atoms. The fraction of sp³-hybridized carbons (Fsp3) is 0.0909. The number of hydrazine groups is 1. The number of nitrogens with two attached hydrogens (primary N) is 1. The van der Waals surface area contributed by atoms with E-state index in [1.165, 1.54) is 0 Å². The fourth-order valence-corrected chi connectivity index (χ4v) is 2.81. The average Bonchev–Trinajstić information content (AvgIpc) is 2.71. The third kappa shape index (κ3) is 2.85. The average molecular weight is 427 g/mol. The van der Waals surface area contributed by atoms with Crippen LogP contribution in [0.2, 0.25) is 5.02 Å². The Kier molecular flexibility index (Phi) is 4.48. The van der Waals surface area contributed by atoms with Crippen LogP contribution in [0.4, 0.5) is 0 Å². The van der Waals surface area contributed by atoms with Gasteiger partial charge in [-0.15, -0.1) is 0 Å². The standard InChI is InChI=1S/C11H9BrClIN2O/c12-8-3-4-17-11(8)10(16-15)7-5-6(13)1-2-9(7)14/h1-5,10,16H,15H2. The SMILES string of the molecule is NNC(c1cc(Cl)ccc1I)c1occc1Br. The predicted octanol–water partition coefficient (Wildman–Crippen LogP) is 3.85. The van der Waals surface area contributed by atoms with Gasteiger partial charge in [0.2, 0.25) is 0 Å². The maximum atomic E-state index is 6.00. The van der Waals surface area contributed by atoms with Gasteiger partial charge in [-0.3, -0.25) is 5.84 Å². The number of halogens is 3. The van der Waals surface area contributed by atoms with Crippen LogP contribution in [-0.2, 0) is 0 Å². The van der Waals surface area contributed by atoms with Crippen LogP contribution in [0.15, 0.2) is 39.4 Å². The molecule has 3 nitrogen and oxygen atoms in total. The second-order valence-corrected chi connectivity index (χ2v) is 5.85. The van der Waals surface area contributed by atoms with Gasteiger partial charge in [-0.25, -0.2) is 5.43 Å². The van der Waals surface area contributed by atoms with Gasteiger partial charge in [-0.05, 0) is 68.3 Å². The molecule has 1 aromatic heterocycles. The highest BCUT2D eigenvalue weighted by molar-refractivity contribution is 14.1. The lowest BCUT2D eigenvalue weighted by atomic mass is 10.1. The van der Waals surface area contributed by atoms with E-state index in [1.54, 1.807) is 6.26 Å². The molecule has 0 aliphatic carbocycles. The number of furan rings is 1. The maximum Gasteiger partial charge on any atom is 0.140 e. The molecule has 2 rings (SSSR count). The van der Waals surface area contributed by atoms with E-state index in [-0.39, 0.29) is 6.04 Å². The van der Waals surface area contributed by atoms with Crippen molar-refractivity contribution in [2.75, 3.05) is 0 Å². The van der Waals surface area contributed by atoms with Gasteiger partial charge >= 0.3 is 0 Å². The van der Waals surface area contributed by atoms with Crippen molar-refractivity contribution in [1.29, 1.82) is 0 Å². The summed E-state index contributed by atoms with van der Waals surface area (Å²) in [5.74, 6) is 6.34.